The van der Waals surface area contributed by atoms with Crippen LogP contribution in [0, 0.1) is 0 Å². The van der Waals surface area contributed by atoms with E-state index in [-0.39, 0.29) is 0 Å². The van der Waals surface area contributed by atoms with Gasteiger partial charge in [0.05, 0.1) is 5.01 Å². The van der Waals surface area contributed by atoms with Gasteiger partial charge in [-0.15, -0.1) is 11.3 Å². The van der Waals surface area contributed by atoms with Crippen LogP contribution in [0.3, 0.4) is 0 Å². The molecule has 1 aliphatic heterocycles. The number of carboxylic acid groups (broad SMARTS) is 1. The van der Waals surface area contributed by atoms with E-state index in [1.54, 1.807) is 17.5 Å². The first kappa shape index (κ1) is 10.4. The molecule has 0 saturated carbocycles. The van der Waals surface area contributed by atoms with E-state index >= 15 is 0 Å². The Bertz CT molecular complexity index is 326. The van der Waals surface area contributed by atoms with Crippen molar-refractivity contribution in [3.8, 4) is 0 Å². The van der Waals surface area contributed by atoms with E-state index in [1.165, 1.54) is 4.90 Å². The Labute approximate surface area is 92.6 Å². The maximum Gasteiger partial charge on any atom is 0.407 e. The van der Waals surface area contributed by atoms with Gasteiger partial charge in [0, 0.05) is 30.6 Å². The fourth-order valence-corrected chi connectivity index (χ4v) is 2.72. The summed E-state index contributed by atoms with van der Waals surface area (Å²) in [6.45, 7) is 1.26. The molecule has 1 fully saturated rings. The van der Waals surface area contributed by atoms with Gasteiger partial charge in [-0.2, -0.15) is 0 Å². The molecule has 1 unspecified atom stereocenters. The number of rotatable bonds is 1. The van der Waals surface area contributed by atoms with E-state index in [0.29, 0.717) is 19.0 Å². The Morgan fingerprint density at radius 3 is 3.13 bits per heavy atom. The molecule has 0 bridgehead atoms. The van der Waals surface area contributed by atoms with Crippen molar-refractivity contribution in [2.45, 2.75) is 25.2 Å². The molecule has 2 heterocycles. The summed E-state index contributed by atoms with van der Waals surface area (Å²) in [4.78, 5) is 16.7. The summed E-state index contributed by atoms with van der Waals surface area (Å²) >= 11 is 1.62. The molecular formula is C10H14N2O2S. The molecule has 5 heteroatoms. The summed E-state index contributed by atoms with van der Waals surface area (Å²) in [5.74, 6) is 0.295. The highest BCUT2D eigenvalue weighted by atomic mass is 32.1. The number of aromatic nitrogens is 1. The molecule has 4 nitrogen and oxygen atoms in total. The first-order valence-electron chi connectivity index (χ1n) is 5.14. The third kappa shape index (κ3) is 2.47. The van der Waals surface area contributed by atoms with Crippen LogP contribution in [-0.2, 0) is 0 Å². The zero-order valence-electron chi connectivity index (χ0n) is 8.43. The number of amides is 1. The number of likely N-dealkylation sites (tertiary alicyclic amines) is 1. The number of hydrogen-bond donors (Lipinski definition) is 1. The molecule has 0 spiro atoms. The molecule has 1 atom stereocenters. The van der Waals surface area contributed by atoms with Gasteiger partial charge in [0.15, 0.2) is 0 Å². The highest BCUT2D eigenvalue weighted by molar-refractivity contribution is 7.09. The zero-order valence-corrected chi connectivity index (χ0v) is 9.24. The lowest BCUT2D eigenvalue weighted by atomic mass is 10.0. The van der Waals surface area contributed by atoms with E-state index in [9.17, 15) is 4.79 Å². The second-order valence-corrected chi connectivity index (χ2v) is 4.72. The Morgan fingerprint density at radius 2 is 2.47 bits per heavy atom. The van der Waals surface area contributed by atoms with E-state index < -0.39 is 6.09 Å². The maximum atomic E-state index is 10.9. The number of thiazole rings is 1. The van der Waals surface area contributed by atoms with Gasteiger partial charge in [-0.3, -0.25) is 0 Å². The minimum Gasteiger partial charge on any atom is -0.465 e. The lowest BCUT2D eigenvalue weighted by Crippen LogP contribution is -2.32. The van der Waals surface area contributed by atoms with Crippen LogP contribution in [0.15, 0.2) is 11.6 Å². The van der Waals surface area contributed by atoms with E-state index in [0.717, 1.165) is 24.3 Å². The molecule has 2 rings (SSSR count). The number of nitrogens with zero attached hydrogens (tertiary/aromatic N) is 2. The summed E-state index contributed by atoms with van der Waals surface area (Å²) in [6.07, 6.45) is 4.09. The first-order valence-corrected chi connectivity index (χ1v) is 6.02. The molecule has 0 aromatic carbocycles. The Hall–Kier alpha value is -1.10. The van der Waals surface area contributed by atoms with Gasteiger partial charge >= 0.3 is 6.09 Å². The van der Waals surface area contributed by atoms with Crippen LogP contribution in [0.2, 0.25) is 0 Å². The lowest BCUT2D eigenvalue weighted by Gasteiger charge is -2.19. The van der Waals surface area contributed by atoms with Crippen LogP contribution in [0.1, 0.15) is 30.2 Å². The van der Waals surface area contributed by atoms with Gasteiger partial charge < -0.3 is 10.0 Å². The van der Waals surface area contributed by atoms with Gasteiger partial charge in [-0.05, 0) is 12.8 Å². The maximum absolute atomic E-state index is 10.9. The Balaban J connectivity index is 2.08. The average Bonchev–Trinajstić information content (AvgIpc) is 2.62. The molecule has 1 aliphatic rings. The Kier molecular flexibility index (Phi) is 3.20. The van der Waals surface area contributed by atoms with Crippen molar-refractivity contribution in [3.05, 3.63) is 16.6 Å². The van der Waals surface area contributed by atoms with Gasteiger partial charge in [-0.1, -0.05) is 6.42 Å². The van der Waals surface area contributed by atoms with Gasteiger partial charge in [0.2, 0.25) is 0 Å². The molecule has 0 radical (unpaired) electrons. The predicted octanol–water partition coefficient (Wildman–Crippen LogP) is 2.39. The summed E-state index contributed by atoms with van der Waals surface area (Å²) in [5, 5.41) is 12.0. The van der Waals surface area contributed by atoms with E-state index in [4.69, 9.17) is 5.11 Å². The van der Waals surface area contributed by atoms with Crippen LogP contribution < -0.4 is 0 Å². The van der Waals surface area contributed by atoms with Crippen LogP contribution >= 0.6 is 11.3 Å². The minimum absolute atomic E-state index is 0.295. The Morgan fingerprint density at radius 1 is 1.60 bits per heavy atom. The number of carbonyl (C=O) groups is 1. The normalized spacial score (nSPS) is 22.4. The number of hydrogen-bond acceptors (Lipinski definition) is 3. The van der Waals surface area contributed by atoms with Crippen LogP contribution in [0.4, 0.5) is 4.79 Å². The summed E-state index contributed by atoms with van der Waals surface area (Å²) in [7, 11) is 0. The summed E-state index contributed by atoms with van der Waals surface area (Å²) in [5.41, 5.74) is 0. The molecular weight excluding hydrogens is 212 g/mol. The molecule has 1 aromatic heterocycles. The third-order valence-corrected chi connectivity index (χ3v) is 3.68. The van der Waals surface area contributed by atoms with Crippen molar-refractivity contribution in [3.63, 3.8) is 0 Å². The van der Waals surface area contributed by atoms with Crippen molar-refractivity contribution in [1.29, 1.82) is 0 Å². The highest BCUT2D eigenvalue weighted by Crippen LogP contribution is 2.27. The largest absolute Gasteiger partial charge is 0.465 e. The second kappa shape index (κ2) is 4.61. The van der Waals surface area contributed by atoms with Crippen molar-refractivity contribution < 1.29 is 9.90 Å². The van der Waals surface area contributed by atoms with Crippen LogP contribution in [0.25, 0.3) is 0 Å². The second-order valence-electron chi connectivity index (χ2n) is 3.79. The monoisotopic (exact) mass is 226 g/mol. The van der Waals surface area contributed by atoms with Gasteiger partial charge in [-0.25, -0.2) is 9.78 Å². The predicted molar refractivity (Wildman–Crippen MR) is 58.3 cm³/mol. The van der Waals surface area contributed by atoms with Gasteiger partial charge in [0.1, 0.15) is 0 Å². The summed E-state index contributed by atoms with van der Waals surface area (Å²) in [6, 6.07) is 0. The molecule has 15 heavy (non-hydrogen) atoms. The summed E-state index contributed by atoms with van der Waals surface area (Å²) < 4.78 is 0. The average molecular weight is 226 g/mol. The van der Waals surface area contributed by atoms with Crippen molar-refractivity contribution in [1.82, 2.24) is 9.88 Å². The van der Waals surface area contributed by atoms with E-state index in [2.05, 4.69) is 4.98 Å². The van der Waals surface area contributed by atoms with E-state index in [1.807, 2.05) is 5.38 Å². The van der Waals surface area contributed by atoms with Crippen molar-refractivity contribution >= 4 is 17.4 Å². The van der Waals surface area contributed by atoms with Crippen LogP contribution in [0.5, 0.6) is 0 Å². The van der Waals surface area contributed by atoms with Gasteiger partial charge in [0.25, 0.3) is 0 Å². The molecule has 0 aliphatic carbocycles. The minimum atomic E-state index is -0.807. The van der Waals surface area contributed by atoms with Crippen molar-refractivity contribution in [2.75, 3.05) is 13.1 Å². The highest BCUT2D eigenvalue weighted by Gasteiger charge is 2.23. The molecule has 1 amide bonds. The standard InChI is InChI=1S/C10H14N2O2S/c13-10(14)12-5-2-1-3-8(7-12)9-11-4-6-15-9/h4,6,8H,1-3,5,7H2,(H,13,14). The quantitative estimate of drug-likeness (QED) is 0.800. The van der Waals surface area contributed by atoms with Crippen molar-refractivity contribution in [2.24, 2.45) is 0 Å². The fraction of sp³-hybridized carbons (Fsp3) is 0.600. The lowest BCUT2D eigenvalue weighted by molar-refractivity contribution is 0.145. The first-order chi connectivity index (χ1) is 7.27. The SMILES string of the molecule is O=C(O)N1CCCCC(c2nccs2)C1. The molecule has 1 saturated heterocycles. The molecule has 1 aromatic rings. The topological polar surface area (TPSA) is 53.4 Å². The smallest absolute Gasteiger partial charge is 0.407 e. The fourth-order valence-electron chi connectivity index (χ4n) is 1.95. The van der Waals surface area contributed by atoms with Crippen LogP contribution in [-0.4, -0.2) is 34.2 Å². The molecule has 82 valence electrons. The third-order valence-electron chi connectivity index (χ3n) is 2.74. The molecule has 1 N–H and O–H groups in total. The zero-order chi connectivity index (χ0) is 10.7.